The minimum Gasteiger partial charge on any atom is -0.469 e. The molecular weight excluding hydrogens is 268 g/mol. The van der Waals surface area contributed by atoms with E-state index in [1.807, 2.05) is 0 Å². The SMILES string of the molecule is COC(=O)Cc1nc(-c2ccccc2[N+](=O)[O-])cs1. The summed E-state index contributed by atoms with van der Waals surface area (Å²) < 4.78 is 4.55. The van der Waals surface area contributed by atoms with Gasteiger partial charge in [0.2, 0.25) is 0 Å². The zero-order valence-electron chi connectivity index (χ0n) is 10.0. The van der Waals surface area contributed by atoms with Gasteiger partial charge >= 0.3 is 5.97 Å². The highest BCUT2D eigenvalue weighted by Gasteiger charge is 2.17. The molecule has 7 heteroatoms. The predicted molar refractivity (Wildman–Crippen MR) is 69.9 cm³/mol. The quantitative estimate of drug-likeness (QED) is 0.487. The molecule has 0 spiro atoms. The highest BCUT2D eigenvalue weighted by molar-refractivity contribution is 7.10. The lowest BCUT2D eigenvalue weighted by Crippen LogP contribution is -2.03. The van der Waals surface area contributed by atoms with Crippen molar-refractivity contribution in [3.05, 3.63) is 44.8 Å². The molecule has 1 heterocycles. The fourth-order valence-corrected chi connectivity index (χ4v) is 2.34. The molecular formula is C12H10N2O4S. The van der Waals surface area contributed by atoms with Crippen LogP contribution in [0.15, 0.2) is 29.6 Å². The van der Waals surface area contributed by atoms with E-state index in [1.165, 1.54) is 24.5 Å². The third kappa shape index (κ3) is 2.94. The first kappa shape index (κ1) is 13.2. The van der Waals surface area contributed by atoms with Crippen LogP contribution in [0.4, 0.5) is 5.69 Å². The summed E-state index contributed by atoms with van der Waals surface area (Å²) in [5.74, 6) is -0.386. The molecule has 0 aliphatic heterocycles. The number of methoxy groups -OCH3 is 1. The molecule has 6 nitrogen and oxygen atoms in total. The average molecular weight is 278 g/mol. The molecule has 0 aliphatic rings. The van der Waals surface area contributed by atoms with E-state index < -0.39 is 4.92 Å². The Morgan fingerprint density at radius 1 is 1.47 bits per heavy atom. The first-order valence-electron chi connectivity index (χ1n) is 5.37. The molecule has 0 aliphatic carbocycles. The van der Waals surface area contributed by atoms with Gasteiger partial charge < -0.3 is 4.74 Å². The molecule has 0 atom stereocenters. The Hall–Kier alpha value is -2.28. The molecule has 0 bridgehead atoms. The van der Waals surface area contributed by atoms with Gasteiger partial charge in [-0.05, 0) is 6.07 Å². The van der Waals surface area contributed by atoms with Gasteiger partial charge in [0.05, 0.1) is 29.7 Å². The van der Waals surface area contributed by atoms with Gasteiger partial charge in [0.1, 0.15) is 5.01 Å². The normalized spacial score (nSPS) is 10.2. The molecule has 0 radical (unpaired) electrons. The topological polar surface area (TPSA) is 82.3 Å². The van der Waals surface area contributed by atoms with Gasteiger partial charge in [0.15, 0.2) is 0 Å². The second-order valence-electron chi connectivity index (χ2n) is 3.65. The lowest BCUT2D eigenvalue weighted by atomic mass is 10.1. The number of nitro benzene ring substituents is 1. The van der Waals surface area contributed by atoms with E-state index in [4.69, 9.17) is 0 Å². The van der Waals surface area contributed by atoms with Crippen LogP contribution < -0.4 is 0 Å². The van der Waals surface area contributed by atoms with E-state index in [0.29, 0.717) is 16.3 Å². The first-order chi connectivity index (χ1) is 9.11. The van der Waals surface area contributed by atoms with E-state index in [9.17, 15) is 14.9 Å². The molecule has 1 aromatic heterocycles. The maximum atomic E-state index is 11.1. The van der Waals surface area contributed by atoms with Crippen LogP contribution in [-0.4, -0.2) is 23.0 Å². The van der Waals surface area contributed by atoms with Crippen molar-refractivity contribution in [2.45, 2.75) is 6.42 Å². The molecule has 2 rings (SSSR count). The van der Waals surface area contributed by atoms with Crippen LogP contribution in [0.5, 0.6) is 0 Å². The van der Waals surface area contributed by atoms with Crippen molar-refractivity contribution < 1.29 is 14.5 Å². The molecule has 0 unspecified atom stereocenters. The smallest absolute Gasteiger partial charge is 0.312 e. The maximum Gasteiger partial charge on any atom is 0.312 e. The molecule has 0 fully saturated rings. The van der Waals surface area contributed by atoms with Gasteiger partial charge in [0, 0.05) is 11.4 Å². The van der Waals surface area contributed by atoms with Crippen LogP contribution in [0.2, 0.25) is 0 Å². The fraction of sp³-hybridized carbons (Fsp3) is 0.167. The van der Waals surface area contributed by atoms with Gasteiger partial charge in [-0.3, -0.25) is 14.9 Å². The van der Waals surface area contributed by atoms with Crippen molar-refractivity contribution in [2.24, 2.45) is 0 Å². The van der Waals surface area contributed by atoms with Gasteiger partial charge in [0.25, 0.3) is 5.69 Å². The summed E-state index contributed by atoms with van der Waals surface area (Å²) in [5, 5.41) is 13.2. The summed E-state index contributed by atoms with van der Waals surface area (Å²) >= 11 is 1.27. The van der Waals surface area contributed by atoms with E-state index in [0.717, 1.165) is 0 Å². The predicted octanol–water partition coefficient (Wildman–Crippen LogP) is 2.43. The number of thiazole rings is 1. The molecule has 0 amide bonds. The van der Waals surface area contributed by atoms with Crippen LogP contribution in [0, 0.1) is 10.1 Å². The highest BCUT2D eigenvalue weighted by Crippen LogP contribution is 2.30. The summed E-state index contributed by atoms with van der Waals surface area (Å²) in [6, 6.07) is 6.37. The number of aromatic nitrogens is 1. The van der Waals surface area contributed by atoms with Crippen LogP contribution >= 0.6 is 11.3 Å². The largest absolute Gasteiger partial charge is 0.469 e. The summed E-state index contributed by atoms with van der Waals surface area (Å²) in [7, 11) is 1.30. The molecule has 1 aromatic carbocycles. The Kier molecular flexibility index (Phi) is 3.86. The number of esters is 1. The monoisotopic (exact) mass is 278 g/mol. The molecule has 0 N–H and O–H groups in total. The van der Waals surface area contributed by atoms with Crippen LogP contribution in [0.25, 0.3) is 11.3 Å². The minimum absolute atomic E-state index is 0.00239. The number of carbonyl (C=O) groups is 1. The Labute approximate surface area is 112 Å². The van der Waals surface area contributed by atoms with Gasteiger partial charge in [-0.25, -0.2) is 4.98 Å². The van der Waals surface area contributed by atoms with Crippen molar-refractivity contribution in [3.63, 3.8) is 0 Å². The average Bonchev–Trinajstić information content (AvgIpc) is 2.86. The first-order valence-corrected chi connectivity index (χ1v) is 6.25. The van der Waals surface area contributed by atoms with Crippen molar-refractivity contribution >= 4 is 23.0 Å². The van der Waals surface area contributed by atoms with Crippen LogP contribution in [0.3, 0.4) is 0 Å². The van der Waals surface area contributed by atoms with Gasteiger partial charge in [-0.2, -0.15) is 0 Å². The molecule has 98 valence electrons. The molecule has 0 saturated heterocycles. The number of nitrogens with zero attached hydrogens (tertiary/aromatic N) is 2. The van der Waals surface area contributed by atoms with E-state index in [2.05, 4.69) is 9.72 Å². The van der Waals surface area contributed by atoms with Crippen molar-refractivity contribution in [2.75, 3.05) is 7.11 Å². The van der Waals surface area contributed by atoms with Crippen molar-refractivity contribution in [1.82, 2.24) is 4.98 Å². The Balaban J connectivity index is 2.33. The van der Waals surface area contributed by atoms with Gasteiger partial charge in [-0.1, -0.05) is 12.1 Å². The highest BCUT2D eigenvalue weighted by atomic mass is 32.1. The summed E-state index contributed by atoms with van der Waals surface area (Å²) in [6.45, 7) is 0. The Bertz CT molecular complexity index is 624. The summed E-state index contributed by atoms with van der Waals surface area (Å²) in [4.78, 5) is 25.8. The lowest BCUT2D eigenvalue weighted by Gasteiger charge is -1.98. The number of carbonyl (C=O) groups excluding carboxylic acids is 1. The van der Waals surface area contributed by atoms with Crippen LogP contribution in [-0.2, 0) is 16.0 Å². The second kappa shape index (κ2) is 5.57. The third-order valence-corrected chi connectivity index (χ3v) is 3.30. The fourth-order valence-electron chi connectivity index (χ4n) is 1.56. The summed E-state index contributed by atoms with van der Waals surface area (Å²) in [5.41, 5.74) is 0.938. The minimum atomic E-state index is -0.450. The Morgan fingerprint density at radius 2 is 2.21 bits per heavy atom. The summed E-state index contributed by atoms with van der Waals surface area (Å²) in [6.07, 6.45) is 0.0712. The maximum absolute atomic E-state index is 11.1. The zero-order chi connectivity index (χ0) is 13.8. The number of rotatable bonds is 4. The number of hydrogen-bond donors (Lipinski definition) is 0. The van der Waals surface area contributed by atoms with Gasteiger partial charge in [-0.15, -0.1) is 11.3 Å². The van der Waals surface area contributed by atoms with E-state index >= 15 is 0 Å². The zero-order valence-corrected chi connectivity index (χ0v) is 10.8. The van der Waals surface area contributed by atoms with E-state index in [1.54, 1.807) is 23.6 Å². The molecule has 2 aromatic rings. The second-order valence-corrected chi connectivity index (χ2v) is 4.60. The van der Waals surface area contributed by atoms with Crippen LogP contribution in [0.1, 0.15) is 5.01 Å². The molecule has 0 saturated carbocycles. The number of hydrogen-bond acceptors (Lipinski definition) is 6. The third-order valence-electron chi connectivity index (χ3n) is 2.45. The lowest BCUT2D eigenvalue weighted by molar-refractivity contribution is -0.384. The van der Waals surface area contributed by atoms with Crippen molar-refractivity contribution in [3.8, 4) is 11.3 Å². The number of nitro groups is 1. The van der Waals surface area contributed by atoms with E-state index in [-0.39, 0.29) is 18.1 Å². The number of benzene rings is 1. The van der Waals surface area contributed by atoms with Crippen molar-refractivity contribution in [1.29, 1.82) is 0 Å². The number of ether oxygens (including phenoxy) is 1. The molecule has 19 heavy (non-hydrogen) atoms. The standard InChI is InChI=1S/C12H10N2O4S/c1-18-12(15)6-11-13-9(7-19-11)8-4-2-3-5-10(8)14(16)17/h2-5,7H,6H2,1H3. The Morgan fingerprint density at radius 3 is 2.89 bits per heavy atom. The number of para-hydroxylation sites is 1.